The van der Waals surface area contributed by atoms with E-state index in [-0.39, 0.29) is 23.6 Å². The van der Waals surface area contributed by atoms with E-state index < -0.39 is 0 Å². The van der Waals surface area contributed by atoms with Crippen LogP contribution in [0.4, 0.5) is 0 Å². The normalized spacial score (nSPS) is 46.3. The summed E-state index contributed by atoms with van der Waals surface area (Å²) in [5.74, 6) is 0.291. The predicted octanol–water partition coefficient (Wildman–Crippen LogP) is 4.57. The molecule has 3 nitrogen and oxygen atoms in total. The molecule has 3 heteroatoms. The molecule has 0 N–H and O–H groups in total. The molecule has 5 atom stereocenters. The Morgan fingerprint density at radius 2 is 1.91 bits per heavy atom. The van der Waals surface area contributed by atoms with Gasteiger partial charge in [0.25, 0.3) is 0 Å². The number of hydrogen-bond donors (Lipinski definition) is 0. The lowest BCUT2D eigenvalue weighted by molar-refractivity contribution is -0.142. The summed E-state index contributed by atoms with van der Waals surface area (Å²) in [6.45, 7) is 8.62. The van der Waals surface area contributed by atoms with Crippen LogP contribution in [0.5, 0.6) is 0 Å². The first-order valence-electron chi connectivity index (χ1n) is 9.10. The summed E-state index contributed by atoms with van der Waals surface area (Å²) in [5, 5.41) is 0. The van der Waals surface area contributed by atoms with Gasteiger partial charge in [-0.3, -0.25) is 4.79 Å². The highest BCUT2D eigenvalue weighted by atomic mass is 16.6. The lowest BCUT2D eigenvalue weighted by Crippen LogP contribution is -2.18. The fourth-order valence-corrected chi connectivity index (χ4v) is 4.06. The summed E-state index contributed by atoms with van der Waals surface area (Å²) in [4.78, 5) is 12.0. The van der Waals surface area contributed by atoms with Crippen molar-refractivity contribution in [3.8, 4) is 0 Å². The molecule has 1 aliphatic carbocycles. The number of carbonyl (C=O) groups excluding carboxylic acids is 1. The van der Waals surface area contributed by atoms with Gasteiger partial charge in [0.15, 0.2) is 0 Å². The summed E-state index contributed by atoms with van der Waals surface area (Å²) in [6, 6.07) is 0. The first-order chi connectivity index (χ1) is 10.9. The van der Waals surface area contributed by atoms with Crippen LogP contribution in [-0.4, -0.2) is 23.8 Å². The summed E-state index contributed by atoms with van der Waals surface area (Å²) in [6.07, 6.45) is 11.3. The maximum atomic E-state index is 12.0. The molecule has 0 amide bonds. The Bertz CT molecular complexity index is 533. The van der Waals surface area contributed by atoms with E-state index in [1.807, 2.05) is 6.92 Å². The molecule has 2 heterocycles. The number of esters is 1. The highest BCUT2D eigenvalue weighted by Crippen LogP contribution is 2.44. The molecular weight excluding hydrogens is 288 g/mol. The van der Waals surface area contributed by atoms with E-state index in [0.29, 0.717) is 12.0 Å². The summed E-state index contributed by atoms with van der Waals surface area (Å²) >= 11 is 0. The Hall–Kier alpha value is -1.09. The van der Waals surface area contributed by atoms with Gasteiger partial charge in [-0.05, 0) is 65.4 Å². The minimum Gasteiger partial charge on any atom is -0.458 e. The van der Waals surface area contributed by atoms with Crippen molar-refractivity contribution >= 4 is 5.97 Å². The second-order valence-corrected chi connectivity index (χ2v) is 7.95. The van der Waals surface area contributed by atoms with Crippen molar-refractivity contribution in [1.29, 1.82) is 0 Å². The highest BCUT2D eigenvalue weighted by Gasteiger charge is 2.50. The van der Waals surface area contributed by atoms with Gasteiger partial charge in [-0.1, -0.05) is 24.1 Å². The monoisotopic (exact) mass is 318 g/mol. The standard InChI is InChI=1S/C20H30O3/c1-13-6-5-11-20(4)18(23-20)10-8-14(2)12-17-16(9-7-13)15(3)19(21)22-17/h6,12,15-18H,5,7-11H2,1-4H3/b13-6+,14-12+/t15?,16-,17+,18+,20+/m0/s1. The Morgan fingerprint density at radius 3 is 2.70 bits per heavy atom. The number of allylic oxidation sites excluding steroid dienone is 3. The van der Waals surface area contributed by atoms with Crippen LogP contribution in [0.2, 0.25) is 0 Å². The third-order valence-corrected chi connectivity index (χ3v) is 5.98. The second-order valence-electron chi connectivity index (χ2n) is 7.95. The van der Waals surface area contributed by atoms with E-state index in [1.54, 1.807) is 0 Å². The Kier molecular flexibility index (Phi) is 4.68. The molecular formula is C20H30O3. The third-order valence-electron chi connectivity index (χ3n) is 5.98. The quantitative estimate of drug-likeness (QED) is 0.373. The maximum Gasteiger partial charge on any atom is 0.309 e. The van der Waals surface area contributed by atoms with E-state index in [0.717, 1.165) is 38.5 Å². The number of rotatable bonds is 0. The SMILES string of the molecule is C/C1=C\CC[C@@]2(C)O[C@@H]2CC/C(C)=C/[C@H]2OC(=O)C(C)[C@@H]2CC1. The molecule has 2 aliphatic heterocycles. The van der Waals surface area contributed by atoms with Gasteiger partial charge in [0.1, 0.15) is 6.10 Å². The smallest absolute Gasteiger partial charge is 0.309 e. The topological polar surface area (TPSA) is 38.8 Å². The number of carbonyl (C=O) groups is 1. The van der Waals surface area contributed by atoms with Gasteiger partial charge in [-0.15, -0.1) is 0 Å². The second kappa shape index (κ2) is 6.43. The Balaban J connectivity index is 1.76. The minimum absolute atomic E-state index is 0.0137. The molecule has 0 bridgehead atoms. The molecule has 128 valence electrons. The summed E-state index contributed by atoms with van der Waals surface area (Å²) in [7, 11) is 0. The third kappa shape index (κ3) is 3.71. The highest BCUT2D eigenvalue weighted by molar-refractivity contribution is 5.75. The van der Waals surface area contributed by atoms with Crippen molar-refractivity contribution in [2.24, 2.45) is 11.8 Å². The van der Waals surface area contributed by atoms with Crippen molar-refractivity contribution in [3.63, 3.8) is 0 Å². The van der Waals surface area contributed by atoms with Crippen molar-refractivity contribution in [1.82, 2.24) is 0 Å². The van der Waals surface area contributed by atoms with Crippen LogP contribution < -0.4 is 0 Å². The van der Waals surface area contributed by atoms with Crippen LogP contribution in [-0.2, 0) is 14.3 Å². The molecule has 2 saturated heterocycles. The van der Waals surface area contributed by atoms with Crippen molar-refractivity contribution < 1.29 is 14.3 Å². The number of fused-ring (bicyclic) bond motifs is 2. The lowest BCUT2D eigenvalue weighted by Gasteiger charge is -2.18. The number of hydrogen-bond acceptors (Lipinski definition) is 3. The molecule has 0 radical (unpaired) electrons. The molecule has 0 saturated carbocycles. The number of epoxide rings is 1. The Labute approximate surface area is 140 Å². The fourth-order valence-electron chi connectivity index (χ4n) is 4.06. The molecule has 0 aromatic rings. The van der Waals surface area contributed by atoms with Gasteiger partial charge in [-0.2, -0.15) is 0 Å². The first-order valence-corrected chi connectivity index (χ1v) is 9.10. The van der Waals surface area contributed by atoms with Crippen LogP contribution in [0.1, 0.15) is 66.2 Å². The fraction of sp³-hybridized carbons (Fsp3) is 0.750. The summed E-state index contributed by atoms with van der Waals surface area (Å²) in [5.41, 5.74) is 2.83. The zero-order valence-corrected chi connectivity index (χ0v) is 14.9. The zero-order valence-electron chi connectivity index (χ0n) is 14.9. The minimum atomic E-state index is -0.0419. The predicted molar refractivity (Wildman–Crippen MR) is 91.0 cm³/mol. The van der Waals surface area contributed by atoms with Crippen molar-refractivity contribution in [2.75, 3.05) is 0 Å². The lowest BCUT2D eigenvalue weighted by atomic mass is 9.85. The first kappa shape index (κ1) is 16.8. The molecule has 0 aromatic carbocycles. The van der Waals surface area contributed by atoms with Gasteiger partial charge in [0, 0.05) is 5.92 Å². The molecule has 3 aliphatic rings. The van der Waals surface area contributed by atoms with Gasteiger partial charge in [0.05, 0.1) is 17.6 Å². The van der Waals surface area contributed by atoms with Gasteiger partial charge < -0.3 is 9.47 Å². The van der Waals surface area contributed by atoms with Gasteiger partial charge in [-0.25, -0.2) is 0 Å². The van der Waals surface area contributed by atoms with Crippen LogP contribution in [0.15, 0.2) is 23.3 Å². The van der Waals surface area contributed by atoms with E-state index in [2.05, 4.69) is 32.9 Å². The zero-order chi connectivity index (χ0) is 16.6. The molecule has 23 heavy (non-hydrogen) atoms. The van der Waals surface area contributed by atoms with Crippen LogP contribution in [0.25, 0.3) is 0 Å². The molecule has 2 fully saturated rings. The van der Waals surface area contributed by atoms with Crippen molar-refractivity contribution in [3.05, 3.63) is 23.3 Å². The maximum absolute atomic E-state index is 12.0. The Morgan fingerprint density at radius 1 is 1.17 bits per heavy atom. The molecule has 3 rings (SSSR count). The molecule has 0 aromatic heterocycles. The van der Waals surface area contributed by atoms with Gasteiger partial charge >= 0.3 is 5.97 Å². The van der Waals surface area contributed by atoms with E-state index in [4.69, 9.17) is 9.47 Å². The van der Waals surface area contributed by atoms with E-state index in [1.165, 1.54) is 11.1 Å². The van der Waals surface area contributed by atoms with Gasteiger partial charge in [0.2, 0.25) is 0 Å². The molecule has 0 spiro atoms. The molecule has 1 unspecified atom stereocenters. The van der Waals surface area contributed by atoms with E-state index >= 15 is 0 Å². The van der Waals surface area contributed by atoms with Crippen LogP contribution in [0, 0.1) is 11.8 Å². The summed E-state index contributed by atoms with van der Waals surface area (Å²) < 4.78 is 11.6. The largest absolute Gasteiger partial charge is 0.458 e. The van der Waals surface area contributed by atoms with Crippen molar-refractivity contribution in [2.45, 2.75) is 84.0 Å². The van der Waals surface area contributed by atoms with Crippen LogP contribution in [0.3, 0.4) is 0 Å². The average molecular weight is 318 g/mol. The average Bonchev–Trinajstić information content (AvgIpc) is 3.06. The van der Waals surface area contributed by atoms with Crippen LogP contribution >= 0.6 is 0 Å². The number of ether oxygens (including phenoxy) is 2. The van der Waals surface area contributed by atoms with E-state index in [9.17, 15) is 4.79 Å².